The van der Waals surface area contributed by atoms with Crippen molar-refractivity contribution in [3.63, 3.8) is 0 Å². The zero-order valence-corrected chi connectivity index (χ0v) is 13.6. The minimum absolute atomic E-state index is 0.0748. The Hall–Kier alpha value is -1.25. The van der Waals surface area contributed by atoms with E-state index in [-0.39, 0.29) is 11.3 Å². The Labute approximate surface area is 133 Å². The standard InChI is InChI=1S/C12H6Br2FNO3S/c13-9-4-6(10(14)20-9)11(17)16-8-2-1-5(12(18)19)3-7(8)15/h1-4H,(H,16,17)(H,18,19). The highest BCUT2D eigenvalue weighted by Gasteiger charge is 2.16. The Kier molecular flexibility index (Phi) is 4.56. The monoisotopic (exact) mass is 421 g/mol. The predicted molar refractivity (Wildman–Crippen MR) is 81.0 cm³/mol. The highest BCUT2D eigenvalue weighted by molar-refractivity contribution is 9.12. The summed E-state index contributed by atoms with van der Waals surface area (Å²) in [6.07, 6.45) is 0. The fourth-order valence-corrected chi connectivity index (χ4v) is 4.23. The molecule has 1 aromatic carbocycles. The van der Waals surface area contributed by atoms with Crippen LogP contribution >= 0.6 is 43.2 Å². The number of hydrogen-bond donors (Lipinski definition) is 2. The molecule has 0 aliphatic carbocycles. The van der Waals surface area contributed by atoms with Crippen LogP contribution in [0.15, 0.2) is 31.8 Å². The van der Waals surface area contributed by atoms with E-state index in [0.29, 0.717) is 9.35 Å². The second-order valence-electron chi connectivity index (χ2n) is 3.69. The van der Waals surface area contributed by atoms with Gasteiger partial charge in [-0.3, -0.25) is 4.79 Å². The molecule has 1 aromatic heterocycles. The van der Waals surface area contributed by atoms with E-state index < -0.39 is 17.7 Å². The van der Waals surface area contributed by atoms with E-state index in [9.17, 15) is 14.0 Å². The van der Waals surface area contributed by atoms with E-state index in [4.69, 9.17) is 5.11 Å². The molecule has 1 heterocycles. The molecule has 2 N–H and O–H groups in total. The molecule has 2 rings (SSSR count). The second kappa shape index (κ2) is 6.02. The van der Waals surface area contributed by atoms with Gasteiger partial charge in [-0.15, -0.1) is 11.3 Å². The van der Waals surface area contributed by atoms with Gasteiger partial charge in [0.15, 0.2) is 0 Å². The van der Waals surface area contributed by atoms with Crippen molar-refractivity contribution in [1.29, 1.82) is 0 Å². The van der Waals surface area contributed by atoms with Crippen molar-refractivity contribution in [1.82, 2.24) is 0 Å². The molecule has 0 saturated carbocycles. The number of nitrogens with one attached hydrogen (secondary N) is 1. The maximum atomic E-state index is 13.7. The third-order valence-corrected chi connectivity index (χ3v) is 4.70. The number of benzene rings is 1. The fraction of sp³-hybridized carbons (Fsp3) is 0. The quantitative estimate of drug-likeness (QED) is 0.772. The molecule has 0 radical (unpaired) electrons. The number of carbonyl (C=O) groups is 2. The van der Waals surface area contributed by atoms with E-state index >= 15 is 0 Å². The van der Waals surface area contributed by atoms with Crippen LogP contribution in [0.2, 0.25) is 0 Å². The zero-order valence-electron chi connectivity index (χ0n) is 9.62. The topological polar surface area (TPSA) is 66.4 Å². The molecular weight excluding hydrogens is 417 g/mol. The van der Waals surface area contributed by atoms with Crippen LogP contribution in [-0.2, 0) is 0 Å². The van der Waals surface area contributed by atoms with Crippen molar-refractivity contribution in [3.05, 3.63) is 48.8 Å². The van der Waals surface area contributed by atoms with Gasteiger partial charge in [0.05, 0.1) is 24.4 Å². The highest BCUT2D eigenvalue weighted by atomic mass is 79.9. The lowest BCUT2D eigenvalue weighted by Crippen LogP contribution is -2.13. The van der Waals surface area contributed by atoms with Gasteiger partial charge < -0.3 is 10.4 Å². The first kappa shape index (κ1) is 15.1. The van der Waals surface area contributed by atoms with Gasteiger partial charge in [-0.1, -0.05) is 0 Å². The van der Waals surface area contributed by atoms with Gasteiger partial charge in [-0.25, -0.2) is 9.18 Å². The molecule has 0 spiro atoms. The summed E-state index contributed by atoms with van der Waals surface area (Å²) < 4.78 is 15.1. The number of carboxylic acid groups (broad SMARTS) is 1. The Bertz CT molecular complexity index is 702. The predicted octanol–water partition coefficient (Wildman–Crippen LogP) is 4.36. The van der Waals surface area contributed by atoms with Gasteiger partial charge in [-0.2, -0.15) is 0 Å². The van der Waals surface area contributed by atoms with Gasteiger partial charge >= 0.3 is 5.97 Å². The smallest absolute Gasteiger partial charge is 0.335 e. The molecule has 4 nitrogen and oxygen atoms in total. The number of rotatable bonds is 3. The van der Waals surface area contributed by atoms with Gasteiger partial charge in [0.2, 0.25) is 0 Å². The summed E-state index contributed by atoms with van der Waals surface area (Å²) in [6, 6.07) is 4.90. The van der Waals surface area contributed by atoms with E-state index in [1.54, 1.807) is 6.07 Å². The van der Waals surface area contributed by atoms with Crippen LogP contribution < -0.4 is 5.32 Å². The molecule has 0 saturated heterocycles. The van der Waals surface area contributed by atoms with E-state index in [1.165, 1.54) is 23.5 Å². The molecule has 1 amide bonds. The van der Waals surface area contributed by atoms with Crippen LogP contribution in [0.3, 0.4) is 0 Å². The summed E-state index contributed by atoms with van der Waals surface area (Å²) in [5.41, 5.74) is 0.109. The number of halogens is 3. The van der Waals surface area contributed by atoms with Crippen molar-refractivity contribution in [2.24, 2.45) is 0 Å². The number of amides is 1. The van der Waals surface area contributed by atoms with E-state index in [1.807, 2.05) is 0 Å². The molecule has 0 atom stereocenters. The van der Waals surface area contributed by atoms with Gasteiger partial charge in [0.1, 0.15) is 5.82 Å². The molecule has 0 aliphatic rings. The Morgan fingerprint density at radius 2 is 1.95 bits per heavy atom. The zero-order chi connectivity index (χ0) is 14.9. The first-order valence-corrected chi connectivity index (χ1v) is 7.57. The van der Waals surface area contributed by atoms with Crippen LogP contribution in [0.5, 0.6) is 0 Å². The lowest BCUT2D eigenvalue weighted by Gasteiger charge is -2.06. The molecule has 0 unspecified atom stereocenters. The average molecular weight is 423 g/mol. The number of carboxylic acids is 1. The third kappa shape index (κ3) is 3.25. The first-order chi connectivity index (χ1) is 9.38. The fourth-order valence-electron chi connectivity index (χ4n) is 1.43. The van der Waals surface area contributed by atoms with Gasteiger partial charge in [0.25, 0.3) is 5.91 Å². The summed E-state index contributed by atoms with van der Waals surface area (Å²) in [6.45, 7) is 0. The van der Waals surface area contributed by atoms with Crippen molar-refractivity contribution in [2.75, 3.05) is 5.32 Å². The lowest BCUT2D eigenvalue weighted by atomic mass is 10.2. The Morgan fingerprint density at radius 3 is 2.45 bits per heavy atom. The molecule has 104 valence electrons. The summed E-state index contributed by atoms with van der Waals surface area (Å²) in [5, 5.41) is 11.1. The molecule has 0 bridgehead atoms. The number of thiophene rings is 1. The third-order valence-electron chi connectivity index (χ3n) is 2.37. The average Bonchev–Trinajstić information content (AvgIpc) is 2.70. The SMILES string of the molecule is O=C(O)c1ccc(NC(=O)c2cc(Br)sc2Br)c(F)c1. The summed E-state index contributed by atoms with van der Waals surface area (Å²) in [5.74, 6) is -2.52. The van der Waals surface area contributed by atoms with E-state index in [0.717, 1.165) is 9.85 Å². The minimum Gasteiger partial charge on any atom is -0.478 e. The Morgan fingerprint density at radius 1 is 1.25 bits per heavy atom. The number of hydrogen-bond acceptors (Lipinski definition) is 3. The number of aromatic carboxylic acids is 1. The maximum absolute atomic E-state index is 13.7. The van der Waals surface area contributed by atoms with Crippen LogP contribution in [0.1, 0.15) is 20.7 Å². The lowest BCUT2D eigenvalue weighted by molar-refractivity contribution is 0.0696. The van der Waals surface area contributed by atoms with Crippen LogP contribution in [0, 0.1) is 5.82 Å². The molecule has 0 fully saturated rings. The molecule has 20 heavy (non-hydrogen) atoms. The van der Waals surface area contributed by atoms with Crippen molar-refractivity contribution >= 4 is 60.8 Å². The van der Waals surface area contributed by atoms with Crippen molar-refractivity contribution < 1.29 is 19.1 Å². The second-order valence-corrected chi connectivity index (χ2v) is 7.44. The summed E-state index contributed by atoms with van der Waals surface area (Å²) in [4.78, 5) is 22.7. The van der Waals surface area contributed by atoms with Gasteiger partial charge in [-0.05, 0) is 56.1 Å². The molecule has 8 heteroatoms. The molecule has 0 aliphatic heterocycles. The van der Waals surface area contributed by atoms with Crippen LogP contribution in [-0.4, -0.2) is 17.0 Å². The minimum atomic E-state index is -1.23. The largest absolute Gasteiger partial charge is 0.478 e. The van der Waals surface area contributed by atoms with Crippen molar-refractivity contribution in [3.8, 4) is 0 Å². The molecule has 2 aromatic rings. The Balaban J connectivity index is 2.24. The molecular formula is C12H6Br2FNO3S. The van der Waals surface area contributed by atoms with Crippen LogP contribution in [0.4, 0.5) is 10.1 Å². The maximum Gasteiger partial charge on any atom is 0.335 e. The van der Waals surface area contributed by atoms with E-state index in [2.05, 4.69) is 37.2 Å². The number of anilines is 1. The number of carbonyl (C=O) groups excluding carboxylic acids is 1. The normalized spacial score (nSPS) is 10.3. The summed E-state index contributed by atoms with van der Waals surface area (Å²) in [7, 11) is 0. The van der Waals surface area contributed by atoms with Crippen LogP contribution in [0.25, 0.3) is 0 Å². The summed E-state index contributed by atoms with van der Waals surface area (Å²) >= 11 is 7.80. The van der Waals surface area contributed by atoms with Gasteiger partial charge in [0, 0.05) is 0 Å². The first-order valence-electron chi connectivity index (χ1n) is 5.17. The van der Waals surface area contributed by atoms with Crippen molar-refractivity contribution in [2.45, 2.75) is 0 Å². The highest BCUT2D eigenvalue weighted by Crippen LogP contribution is 2.32.